The molecule has 0 aliphatic rings. The van der Waals surface area contributed by atoms with Crippen molar-refractivity contribution in [3.63, 3.8) is 0 Å². The summed E-state index contributed by atoms with van der Waals surface area (Å²) in [5.74, 6) is 5.34. The molecule has 5 heteroatoms. The summed E-state index contributed by atoms with van der Waals surface area (Å²) in [6, 6.07) is 11.1. The monoisotopic (exact) mass is 337 g/mol. The molecule has 128 valence electrons. The first-order valence-electron chi connectivity index (χ1n) is 7.77. The number of rotatable bonds is 4. The van der Waals surface area contributed by atoms with Crippen molar-refractivity contribution in [3.8, 4) is 11.8 Å². The number of esters is 2. The van der Waals surface area contributed by atoms with Gasteiger partial charge in [-0.25, -0.2) is 4.98 Å². The first kappa shape index (κ1) is 18.2. The Morgan fingerprint density at radius 3 is 2.08 bits per heavy atom. The number of hydrogen-bond donors (Lipinski definition) is 0. The van der Waals surface area contributed by atoms with E-state index in [-0.39, 0.29) is 25.2 Å². The fourth-order valence-corrected chi connectivity index (χ4v) is 2.12. The van der Waals surface area contributed by atoms with Crippen LogP contribution in [0.1, 0.15) is 41.9 Å². The van der Waals surface area contributed by atoms with Gasteiger partial charge in [-0.15, -0.1) is 0 Å². The summed E-state index contributed by atoms with van der Waals surface area (Å²) in [6.07, 6.45) is 0. The average Bonchev–Trinajstić information content (AvgIpc) is 2.56. The lowest BCUT2D eigenvalue weighted by Crippen LogP contribution is -2.02. The Morgan fingerprint density at radius 1 is 0.960 bits per heavy atom. The molecule has 0 amide bonds. The van der Waals surface area contributed by atoms with Crippen molar-refractivity contribution in [3.05, 3.63) is 64.5 Å². The SMILES string of the molecule is CC(=O)OCc1cc(C#Cc2cccc(C)n2)cc(COC(C)=O)c1. The van der Waals surface area contributed by atoms with Crippen LogP contribution in [-0.4, -0.2) is 16.9 Å². The summed E-state index contributed by atoms with van der Waals surface area (Å²) in [6.45, 7) is 4.89. The van der Waals surface area contributed by atoms with Gasteiger partial charge >= 0.3 is 11.9 Å². The number of carbonyl (C=O) groups is 2. The average molecular weight is 337 g/mol. The van der Waals surface area contributed by atoms with E-state index in [1.807, 2.05) is 43.3 Å². The molecule has 0 unspecified atom stereocenters. The van der Waals surface area contributed by atoms with E-state index < -0.39 is 0 Å². The number of carbonyl (C=O) groups excluding carboxylic acids is 2. The lowest BCUT2D eigenvalue weighted by atomic mass is 10.1. The molecular formula is C20H19NO4. The van der Waals surface area contributed by atoms with Gasteiger partial charge in [0.25, 0.3) is 0 Å². The number of aryl methyl sites for hydroxylation is 1. The zero-order valence-corrected chi connectivity index (χ0v) is 14.5. The quantitative estimate of drug-likeness (QED) is 0.634. The third-order valence-electron chi connectivity index (χ3n) is 3.16. The van der Waals surface area contributed by atoms with E-state index in [0.717, 1.165) is 22.4 Å². The summed E-state index contributed by atoms with van der Waals surface area (Å²) in [4.78, 5) is 26.4. The molecule has 0 N–H and O–H groups in total. The van der Waals surface area contributed by atoms with Gasteiger partial charge in [0.05, 0.1) is 0 Å². The van der Waals surface area contributed by atoms with Crippen molar-refractivity contribution in [2.24, 2.45) is 0 Å². The van der Waals surface area contributed by atoms with Crippen molar-refractivity contribution in [2.75, 3.05) is 0 Å². The Balaban J connectivity index is 2.28. The van der Waals surface area contributed by atoms with Crippen molar-refractivity contribution >= 4 is 11.9 Å². The van der Waals surface area contributed by atoms with Crippen molar-refractivity contribution in [1.29, 1.82) is 0 Å². The van der Waals surface area contributed by atoms with Crippen LogP contribution >= 0.6 is 0 Å². The summed E-state index contributed by atoms with van der Waals surface area (Å²) in [7, 11) is 0. The van der Waals surface area contributed by atoms with Crippen LogP contribution in [0.15, 0.2) is 36.4 Å². The number of hydrogen-bond acceptors (Lipinski definition) is 5. The third-order valence-corrected chi connectivity index (χ3v) is 3.16. The van der Waals surface area contributed by atoms with Gasteiger partial charge < -0.3 is 9.47 Å². The first-order valence-corrected chi connectivity index (χ1v) is 7.77. The Hall–Kier alpha value is -3.13. The lowest BCUT2D eigenvalue weighted by Gasteiger charge is -2.08. The molecule has 2 aromatic rings. The topological polar surface area (TPSA) is 65.5 Å². The molecule has 0 spiro atoms. The number of aromatic nitrogens is 1. The number of nitrogens with zero attached hydrogens (tertiary/aromatic N) is 1. The van der Waals surface area contributed by atoms with Gasteiger partial charge in [-0.05, 0) is 54.3 Å². The smallest absolute Gasteiger partial charge is 0.302 e. The molecule has 0 bridgehead atoms. The minimum Gasteiger partial charge on any atom is -0.461 e. The second-order valence-electron chi connectivity index (χ2n) is 5.51. The van der Waals surface area contributed by atoms with Crippen molar-refractivity contribution in [2.45, 2.75) is 34.0 Å². The fraction of sp³-hybridized carbons (Fsp3) is 0.250. The Bertz CT molecular complexity index is 810. The minimum absolute atomic E-state index is 0.140. The van der Waals surface area contributed by atoms with E-state index in [1.54, 1.807) is 0 Å². The van der Waals surface area contributed by atoms with Crippen LogP contribution in [-0.2, 0) is 32.3 Å². The number of benzene rings is 1. The zero-order valence-electron chi connectivity index (χ0n) is 14.5. The maximum absolute atomic E-state index is 11.0. The van der Waals surface area contributed by atoms with Gasteiger partial charge in [-0.1, -0.05) is 12.0 Å². The van der Waals surface area contributed by atoms with Gasteiger partial charge in [0.1, 0.15) is 18.9 Å². The highest BCUT2D eigenvalue weighted by atomic mass is 16.5. The molecule has 0 fully saturated rings. The van der Waals surface area contributed by atoms with E-state index in [1.165, 1.54) is 13.8 Å². The first-order chi connectivity index (χ1) is 11.9. The molecule has 0 aliphatic heterocycles. The molecule has 1 heterocycles. The predicted octanol–water partition coefficient (Wildman–Crippen LogP) is 2.92. The van der Waals surface area contributed by atoms with Crippen LogP contribution in [0.4, 0.5) is 0 Å². The molecule has 0 atom stereocenters. The molecule has 25 heavy (non-hydrogen) atoms. The molecule has 2 rings (SSSR count). The summed E-state index contributed by atoms with van der Waals surface area (Å²) in [5, 5.41) is 0. The Kier molecular flexibility index (Phi) is 6.30. The molecule has 1 aromatic carbocycles. The second kappa shape index (κ2) is 8.65. The number of pyridine rings is 1. The van der Waals surface area contributed by atoms with E-state index in [0.29, 0.717) is 5.69 Å². The summed E-state index contributed by atoms with van der Waals surface area (Å²) in [5.41, 5.74) is 3.86. The fourth-order valence-electron chi connectivity index (χ4n) is 2.12. The van der Waals surface area contributed by atoms with Crippen LogP contribution in [0, 0.1) is 18.8 Å². The zero-order chi connectivity index (χ0) is 18.2. The third kappa shape index (κ3) is 6.48. The van der Waals surface area contributed by atoms with Gasteiger partial charge in [-0.3, -0.25) is 9.59 Å². The highest BCUT2D eigenvalue weighted by molar-refractivity contribution is 5.66. The van der Waals surface area contributed by atoms with Gasteiger partial charge in [0, 0.05) is 25.1 Å². The number of ether oxygens (including phenoxy) is 2. The van der Waals surface area contributed by atoms with Crippen LogP contribution in [0.5, 0.6) is 0 Å². The molecule has 0 aliphatic carbocycles. The van der Waals surface area contributed by atoms with E-state index in [9.17, 15) is 9.59 Å². The summed E-state index contributed by atoms with van der Waals surface area (Å²) < 4.78 is 10.1. The van der Waals surface area contributed by atoms with Crippen LogP contribution in [0.25, 0.3) is 0 Å². The molecular weight excluding hydrogens is 318 g/mol. The molecule has 1 aromatic heterocycles. The highest BCUT2D eigenvalue weighted by Gasteiger charge is 2.04. The summed E-state index contributed by atoms with van der Waals surface area (Å²) >= 11 is 0. The van der Waals surface area contributed by atoms with E-state index in [4.69, 9.17) is 9.47 Å². The normalized spacial score (nSPS) is 9.72. The van der Waals surface area contributed by atoms with Crippen LogP contribution in [0.3, 0.4) is 0 Å². The van der Waals surface area contributed by atoms with E-state index in [2.05, 4.69) is 16.8 Å². The van der Waals surface area contributed by atoms with E-state index >= 15 is 0 Å². The van der Waals surface area contributed by atoms with Crippen LogP contribution in [0.2, 0.25) is 0 Å². The predicted molar refractivity (Wildman–Crippen MR) is 92.3 cm³/mol. The standard InChI is InChI=1S/C20H19NO4/c1-14-5-4-6-20(21-14)8-7-17-9-18(12-24-15(2)22)11-19(10-17)13-25-16(3)23/h4-6,9-11H,12-13H2,1-3H3. The molecule has 5 nitrogen and oxygen atoms in total. The maximum Gasteiger partial charge on any atom is 0.302 e. The molecule has 0 saturated heterocycles. The van der Waals surface area contributed by atoms with Gasteiger partial charge in [0.15, 0.2) is 0 Å². The largest absolute Gasteiger partial charge is 0.461 e. The minimum atomic E-state index is -0.359. The van der Waals surface area contributed by atoms with Gasteiger partial charge in [0.2, 0.25) is 0 Å². The maximum atomic E-state index is 11.0. The van der Waals surface area contributed by atoms with Gasteiger partial charge in [-0.2, -0.15) is 0 Å². The van der Waals surface area contributed by atoms with Crippen LogP contribution < -0.4 is 0 Å². The van der Waals surface area contributed by atoms with Crippen molar-refractivity contribution < 1.29 is 19.1 Å². The lowest BCUT2D eigenvalue weighted by molar-refractivity contribution is -0.142. The van der Waals surface area contributed by atoms with Crippen molar-refractivity contribution in [1.82, 2.24) is 4.98 Å². The molecule has 0 radical (unpaired) electrons. The second-order valence-corrected chi connectivity index (χ2v) is 5.51. The Morgan fingerprint density at radius 2 is 1.56 bits per heavy atom. The highest BCUT2D eigenvalue weighted by Crippen LogP contribution is 2.13. The molecule has 0 saturated carbocycles. The Labute approximate surface area is 147 Å².